The van der Waals surface area contributed by atoms with Gasteiger partial charge in [-0.3, -0.25) is 4.99 Å². The zero-order chi connectivity index (χ0) is 19.7. The summed E-state index contributed by atoms with van der Waals surface area (Å²) in [4.78, 5) is 11.9. The molecule has 0 atom stereocenters. The first-order valence-corrected chi connectivity index (χ1v) is 9.34. The maximum Gasteiger partial charge on any atom is 0.434 e. The van der Waals surface area contributed by atoms with Crippen LogP contribution in [0.2, 0.25) is 0 Å². The van der Waals surface area contributed by atoms with Crippen LogP contribution in [0.15, 0.2) is 28.7 Å². The molecule has 2 aromatic heterocycles. The van der Waals surface area contributed by atoms with E-state index in [-0.39, 0.29) is 6.54 Å². The molecule has 6 nitrogen and oxygen atoms in total. The number of aliphatic imine (C=N–C) groups is 1. The molecule has 0 aliphatic carbocycles. The van der Waals surface area contributed by atoms with Crippen LogP contribution in [0.4, 0.5) is 13.2 Å². The van der Waals surface area contributed by atoms with Crippen molar-refractivity contribution in [2.45, 2.75) is 39.0 Å². The highest BCUT2D eigenvalue weighted by molar-refractivity contribution is 7.09. The lowest BCUT2D eigenvalue weighted by atomic mass is 10.2. The Morgan fingerprint density at radius 3 is 2.74 bits per heavy atom. The minimum Gasteiger partial charge on any atom is -0.477 e. The van der Waals surface area contributed by atoms with Crippen LogP contribution in [-0.4, -0.2) is 29.6 Å². The van der Waals surface area contributed by atoms with Crippen molar-refractivity contribution in [1.82, 2.24) is 20.6 Å². The van der Waals surface area contributed by atoms with Crippen LogP contribution in [0.5, 0.6) is 5.88 Å². The van der Waals surface area contributed by atoms with Crippen LogP contribution in [0, 0.1) is 0 Å². The number of rotatable bonds is 8. The molecule has 0 bridgehead atoms. The number of unbranched alkanes of at least 4 members (excludes halogenated alkanes) is 1. The van der Waals surface area contributed by atoms with E-state index < -0.39 is 11.9 Å². The van der Waals surface area contributed by atoms with Crippen LogP contribution in [0.1, 0.15) is 36.0 Å². The van der Waals surface area contributed by atoms with Gasteiger partial charge in [0.25, 0.3) is 0 Å². The summed E-state index contributed by atoms with van der Waals surface area (Å²) < 4.78 is 43.5. The van der Waals surface area contributed by atoms with E-state index in [1.807, 2.05) is 12.1 Å². The molecule has 0 amide bonds. The van der Waals surface area contributed by atoms with E-state index in [2.05, 4.69) is 32.5 Å². The number of nitrogens with zero attached hydrogens (tertiary/aromatic N) is 3. The smallest absolute Gasteiger partial charge is 0.434 e. The molecule has 2 N–H and O–H groups in total. The summed E-state index contributed by atoms with van der Waals surface area (Å²) in [5.74, 6) is 1.01. The SMILES string of the molecule is CCCCOc1ncccc1CNC(=NC)NCc1nc(C(F)(F)F)cs1. The second kappa shape index (κ2) is 10.1. The fourth-order valence-electron chi connectivity index (χ4n) is 2.08. The fraction of sp³-hybridized carbons (Fsp3) is 0.471. The Morgan fingerprint density at radius 1 is 1.30 bits per heavy atom. The molecule has 0 fully saturated rings. The van der Waals surface area contributed by atoms with Crippen LogP contribution >= 0.6 is 11.3 Å². The monoisotopic (exact) mass is 401 g/mol. The van der Waals surface area contributed by atoms with E-state index in [0.717, 1.165) is 35.1 Å². The number of halogens is 3. The zero-order valence-electron chi connectivity index (χ0n) is 15.1. The predicted octanol–water partition coefficient (Wildman–Crippen LogP) is 3.60. The summed E-state index contributed by atoms with van der Waals surface area (Å²) in [5, 5.41) is 7.38. The summed E-state index contributed by atoms with van der Waals surface area (Å²) >= 11 is 0.951. The van der Waals surface area contributed by atoms with Crippen LogP contribution in [0.3, 0.4) is 0 Å². The third kappa shape index (κ3) is 6.70. The zero-order valence-corrected chi connectivity index (χ0v) is 16.0. The molecule has 0 saturated heterocycles. The lowest BCUT2D eigenvalue weighted by molar-refractivity contribution is -0.140. The number of thiazole rings is 1. The Morgan fingerprint density at radius 2 is 2.07 bits per heavy atom. The van der Waals surface area contributed by atoms with Gasteiger partial charge in [0.1, 0.15) is 5.01 Å². The Labute approximate surface area is 159 Å². The van der Waals surface area contributed by atoms with Gasteiger partial charge >= 0.3 is 6.18 Å². The van der Waals surface area contributed by atoms with Gasteiger partial charge in [-0.15, -0.1) is 11.3 Å². The highest BCUT2D eigenvalue weighted by Crippen LogP contribution is 2.29. The first-order valence-electron chi connectivity index (χ1n) is 8.46. The number of pyridine rings is 1. The molecule has 2 aromatic rings. The normalized spacial score (nSPS) is 12.1. The summed E-state index contributed by atoms with van der Waals surface area (Å²) in [6.45, 7) is 3.24. The van der Waals surface area contributed by atoms with Crippen molar-refractivity contribution >= 4 is 17.3 Å². The molecule has 10 heteroatoms. The van der Waals surface area contributed by atoms with Gasteiger partial charge in [0.05, 0.1) is 13.2 Å². The van der Waals surface area contributed by atoms with Gasteiger partial charge < -0.3 is 15.4 Å². The van der Waals surface area contributed by atoms with Crippen molar-refractivity contribution < 1.29 is 17.9 Å². The van der Waals surface area contributed by atoms with E-state index in [0.29, 0.717) is 30.0 Å². The number of alkyl halides is 3. The number of ether oxygens (including phenoxy) is 1. The van der Waals surface area contributed by atoms with E-state index >= 15 is 0 Å². The number of hydrogen-bond donors (Lipinski definition) is 2. The first-order chi connectivity index (χ1) is 12.9. The van der Waals surface area contributed by atoms with Crippen molar-refractivity contribution in [2.75, 3.05) is 13.7 Å². The van der Waals surface area contributed by atoms with Gasteiger partial charge in [0.2, 0.25) is 5.88 Å². The van der Waals surface area contributed by atoms with Crippen molar-refractivity contribution in [2.24, 2.45) is 4.99 Å². The van der Waals surface area contributed by atoms with Crippen LogP contribution in [-0.2, 0) is 19.3 Å². The van der Waals surface area contributed by atoms with Crippen molar-refractivity contribution in [3.05, 3.63) is 40.0 Å². The second-order valence-corrected chi connectivity index (χ2v) is 6.52. The average Bonchev–Trinajstić information content (AvgIpc) is 3.12. The topological polar surface area (TPSA) is 71.4 Å². The minimum absolute atomic E-state index is 0.146. The molecule has 2 rings (SSSR count). The fourth-order valence-corrected chi connectivity index (χ4v) is 2.82. The molecule has 0 aromatic carbocycles. The molecule has 0 aliphatic rings. The summed E-state index contributed by atoms with van der Waals surface area (Å²) in [5.41, 5.74) is -0.0124. The van der Waals surface area contributed by atoms with Gasteiger partial charge in [0, 0.05) is 30.7 Å². The molecule has 0 saturated carbocycles. The Balaban J connectivity index is 1.88. The maximum atomic E-state index is 12.6. The Hall–Kier alpha value is -2.36. The first kappa shape index (κ1) is 20.9. The molecule has 2 heterocycles. The molecule has 0 aliphatic heterocycles. The van der Waals surface area contributed by atoms with Crippen molar-refractivity contribution in [3.8, 4) is 5.88 Å². The molecule has 27 heavy (non-hydrogen) atoms. The summed E-state index contributed by atoms with van der Waals surface area (Å²) in [6.07, 6.45) is -0.786. The third-order valence-corrected chi connectivity index (χ3v) is 4.35. The molecular weight excluding hydrogens is 379 g/mol. The lowest BCUT2D eigenvalue weighted by Gasteiger charge is -2.13. The van der Waals surface area contributed by atoms with Gasteiger partial charge in [-0.2, -0.15) is 13.2 Å². The third-order valence-electron chi connectivity index (χ3n) is 3.51. The highest BCUT2D eigenvalue weighted by atomic mass is 32.1. The van der Waals surface area contributed by atoms with Gasteiger partial charge in [-0.05, 0) is 12.5 Å². The van der Waals surface area contributed by atoms with Gasteiger partial charge in [-0.25, -0.2) is 9.97 Å². The molecule has 0 spiro atoms. The number of hydrogen-bond acceptors (Lipinski definition) is 5. The molecule has 0 unspecified atom stereocenters. The maximum absolute atomic E-state index is 12.6. The highest BCUT2D eigenvalue weighted by Gasteiger charge is 2.33. The van der Waals surface area contributed by atoms with Crippen LogP contribution < -0.4 is 15.4 Å². The quantitative estimate of drug-likeness (QED) is 0.402. The van der Waals surface area contributed by atoms with Crippen LogP contribution in [0.25, 0.3) is 0 Å². The van der Waals surface area contributed by atoms with E-state index in [1.165, 1.54) is 0 Å². The number of aromatic nitrogens is 2. The van der Waals surface area contributed by atoms with Crippen molar-refractivity contribution in [3.63, 3.8) is 0 Å². The lowest BCUT2D eigenvalue weighted by Crippen LogP contribution is -2.36. The minimum atomic E-state index is -4.43. The van der Waals surface area contributed by atoms with E-state index in [9.17, 15) is 13.2 Å². The Kier molecular flexibility index (Phi) is 7.83. The van der Waals surface area contributed by atoms with Crippen molar-refractivity contribution in [1.29, 1.82) is 0 Å². The molecular formula is C17H22F3N5OS. The predicted molar refractivity (Wildman–Crippen MR) is 98.8 cm³/mol. The number of guanidine groups is 1. The van der Waals surface area contributed by atoms with Gasteiger partial charge in [-0.1, -0.05) is 19.4 Å². The molecule has 0 radical (unpaired) electrons. The largest absolute Gasteiger partial charge is 0.477 e. The Bertz CT molecular complexity index is 748. The summed E-state index contributed by atoms with van der Waals surface area (Å²) in [6, 6.07) is 3.71. The second-order valence-electron chi connectivity index (χ2n) is 5.57. The summed E-state index contributed by atoms with van der Waals surface area (Å²) in [7, 11) is 1.58. The standard InChI is InChI=1S/C17H22F3N5OS/c1-3-4-8-26-15-12(6-5-7-22-15)9-23-16(21-2)24-10-14-25-13(11-27-14)17(18,19)20/h5-7,11H,3-4,8-10H2,1-2H3,(H2,21,23,24). The van der Waals surface area contributed by atoms with E-state index in [4.69, 9.17) is 4.74 Å². The van der Waals surface area contributed by atoms with Gasteiger partial charge in [0.15, 0.2) is 11.7 Å². The van der Waals surface area contributed by atoms with E-state index in [1.54, 1.807) is 13.2 Å². The number of nitrogens with one attached hydrogen (secondary N) is 2. The average molecular weight is 401 g/mol. The molecule has 148 valence electrons.